The maximum atomic E-state index is 12.1. The van der Waals surface area contributed by atoms with Crippen LogP contribution in [-0.2, 0) is 9.84 Å². The molecule has 0 saturated carbocycles. The van der Waals surface area contributed by atoms with Crippen molar-refractivity contribution in [3.05, 3.63) is 23.8 Å². The van der Waals surface area contributed by atoms with E-state index in [9.17, 15) is 13.2 Å². The number of carbonyl (C=O) groups is 1. The van der Waals surface area contributed by atoms with E-state index in [-0.39, 0.29) is 23.3 Å². The maximum Gasteiger partial charge on any atom is 0.251 e. The molecule has 1 N–H and O–H groups in total. The Morgan fingerprint density at radius 3 is 2.71 bits per heavy atom. The molecule has 7 heteroatoms. The van der Waals surface area contributed by atoms with Crippen LogP contribution >= 0.6 is 0 Å². The number of rotatable bonds is 3. The lowest BCUT2D eigenvalue weighted by Gasteiger charge is -2.18. The number of ether oxygens (including phenoxy) is 2. The van der Waals surface area contributed by atoms with Crippen LogP contribution in [0.4, 0.5) is 0 Å². The van der Waals surface area contributed by atoms with Gasteiger partial charge < -0.3 is 14.8 Å². The van der Waals surface area contributed by atoms with Crippen molar-refractivity contribution in [3.63, 3.8) is 0 Å². The van der Waals surface area contributed by atoms with Crippen LogP contribution < -0.4 is 14.8 Å². The first kappa shape index (κ1) is 14.2. The molecule has 21 heavy (non-hydrogen) atoms. The largest absolute Gasteiger partial charge is 0.486 e. The van der Waals surface area contributed by atoms with E-state index in [1.54, 1.807) is 18.2 Å². The summed E-state index contributed by atoms with van der Waals surface area (Å²) in [4.78, 5) is 12.1. The maximum absolute atomic E-state index is 12.1. The fraction of sp³-hybridized carbons (Fsp3) is 0.500. The van der Waals surface area contributed by atoms with Gasteiger partial charge in [0.2, 0.25) is 0 Å². The Bertz CT molecular complexity index is 655. The van der Waals surface area contributed by atoms with Gasteiger partial charge >= 0.3 is 0 Å². The molecule has 2 heterocycles. The quantitative estimate of drug-likeness (QED) is 0.885. The molecule has 0 bridgehead atoms. The summed E-state index contributed by atoms with van der Waals surface area (Å²) in [5.74, 6) is 1.37. The lowest BCUT2D eigenvalue weighted by molar-refractivity contribution is 0.0947. The van der Waals surface area contributed by atoms with Crippen LogP contribution in [-0.4, -0.2) is 45.6 Å². The molecular weight excluding hydrogens is 294 g/mol. The SMILES string of the molecule is O=C(NCC1CCS(=O)(=O)C1)c1ccc2c(c1)OCCO2. The minimum absolute atomic E-state index is 0.0103. The Morgan fingerprint density at radius 2 is 2.00 bits per heavy atom. The van der Waals surface area contributed by atoms with E-state index in [1.807, 2.05) is 0 Å². The fourth-order valence-electron chi connectivity index (χ4n) is 2.56. The summed E-state index contributed by atoms with van der Waals surface area (Å²) in [6.45, 7) is 1.36. The molecule has 6 nitrogen and oxygen atoms in total. The average Bonchev–Trinajstić information content (AvgIpc) is 2.83. The van der Waals surface area contributed by atoms with E-state index in [2.05, 4.69) is 5.32 Å². The second kappa shape index (κ2) is 5.55. The number of benzene rings is 1. The normalized spacial score (nSPS) is 22.8. The molecule has 0 radical (unpaired) electrons. The summed E-state index contributed by atoms with van der Waals surface area (Å²) in [6, 6.07) is 5.03. The van der Waals surface area contributed by atoms with Gasteiger partial charge in [-0.1, -0.05) is 0 Å². The summed E-state index contributed by atoms with van der Waals surface area (Å²) in [5.41, 5.74) is 0.486. The number of carbonyl (C=O) groups excluding carboxylic acids is 1. The molecule has 1 atom stereocenters. The predicted molar refractivity (Wildman–Crippen MR) is 76.5 cm³/mol. The first-order valence-corrected chi connectivity index (χ1v) is 8.74. The molecular formula is C14H17NO5S. The minimum Gasteiger partial charge on any atom is -0.486 e. The molecule has 114 valence electrons. The Kier molecular flexibility index (Phi) is 3.75. The Labute approximate surface area is 123 Å². The van der Waals surface area contributed by atoms with Crippen LogP contribution in [0.25, 0.3) is 0 Å². The van der Waals surface area contributed by atoms with Crippen LogP contribution in [0.3, 0.4) is 0 Å². The van der Waals surface area contributed by atoms with Gasteiger partial charge in [0.1, 0.15) is 13.2 Å². The summed E-state index contributed by atoms with van der Waals surface area (Å²) in [6.07, 6.45) is 0.615. The van der Waals surface area contributed by atoms with Crippen molar-refractivity contribution in [2.24, 2.45) is 5.92 Å². The molecule has 1 aromatic rings. The number of fused-ring (bicyclic) bond motifs is 1. The standard InChI is InChI=1S/C14H17NO5S/c16-14(15-8-10-3-6-21(17,18)9-10)11-1-2-12-13(7-11)20-5-4-19-12/h1-2,7,10H,3-6,8-9H2,(H,15,16). The van der Waals surface area contributed by atoms with Gasteiger partial charge in [-0.05, 0) is 30.5 Å². The van der Waals surface area contributed by atoms with Crippen molar-refractivity contribution >= 4 is 15.7 Å². The number of hydrogen-bond acceptors (Lipinski definition) is 5. The summed E-state index contributed by atoms with van der Waals surface area (Å²) < 4.78 is 33.6. The second-order valence-corrected chi connectivity index (χ2v) is 7.57. The van der Waals surface area contributed by atoms with Gasteiger partial charge in [-0.2, -0.15) is 0 Å². The van der Waals surface area contributed by atoms with E-state index < -0.39 is 9.84 Å². The monoisotopic (exact) mass is 311 g/mol. The first-order valence-electron chi connectivity index (χ1n) is 6.92. The molecule has 2 aliphatic heterocycles. The highest BCUT2D eigenvalue weighted by Crippen LogP contribution is 2.30. The molecule has 0 aliphatic carbocycles. The highest BCUT2D eigenvalue weighted by molar-refractivity contribution is 7.91. The highest BCUT2D eigenvalue weighted by Gasteiger charge is 2.28. The smallest absolute Gasteiger partial charge is 0.251 e. The molecule has 0 aromatic heterocycles. The van der Waals surface area contributed by atoms with Gasteiger partial charge in [0.15, 0.2) is 21.3 Å². The predicted octanol–water partition coefficient (Wildman–Crippen LogP) is 0.622. The summed E-state index contributed by atoms with van der Waals surface area (Å²) in [5, 5.41) is 2.79. The van der Waals surface area contributed by atoms with Gasteiger partial charge in [0.05, 0.1) is 11.5 Å². The van der Waals surface area contributed by atoms with Crippen molar-refractivity contribution < 1.29 is 22.7 Å². The highest BCUT2D eigenvalue weighted by atomic mass is 32.2. The molecule has 1 amide bonds. The van der Waals surface area contributed by atoms with Gasteiger partial charge in [0.25, 0.3) is 5.91 Å². The molecule has 1 fully saturated rings. The van der Waals surface area contributed by atoms with E-state index in [0.29, 0.717) is 43.2 Å². The van der Waals surface area contributed by atoms with Crippen LogP contribution in [0.1, 0.15) is 16.8 Å². The van der Waals surface area contributed by atoms with Crippen molar-refractivity contribution in [1.29, 1.82) is 0 Å². The Morgan fingerprint density at radius 1 is 1.24 bits per heavy atom. The first-order chi connectivity index (χ1) is 10.0. The number of sulfone groups is 1. The topological polar surface area (TPSA) is 81.7 Å². The van der Waals surface area contributed by atoms with Crippen LogP contribution in [0.2, 0.25) is 0 Å². The third-order valence-corrected chi connectivity index (χ3v) is 5.52. The van der Waals surface area contributed by atoms with Crippen molar-refractivity contribution in [2.75, 3.05) is 31.3 Å². The fourth-order valence-corrected chi connectivity index (χ4v) is 4.42. The zero-order chi connectivity index (χ0) is 14.9. The van der Waals surface area contributed by atoms with Crippen LogP contribution in [0.15, 0.2) is 18.2 Å². The molecule has 3 rings (SSSR count). The van der Waals surface area contributed by atoms with E-state index in [0.717, 1.165) is 0 Å². The third-order valence-electron chi connectivity index (χ3n) is 3.68. The van der Waals surface area contributed by atoms with Gasteiger partial charge in [0, 0.05) is 12.1 Å². The second-order valence-electron chi connectivity index (χ2n) is 5.34. The van der Waals surface area contributed by atoms with E-state index in [4.69, 9.17) is 9.47 Å². The number of amides is 1. The number of hydrogen-bond donors (Lipinski definition) is 1. The number of nitrogens with one attached hydrogen (secondary N) is 1. The Balaban J connectivity index is 1.61. The summed E-state index contributed by atoms with van der Waals surface area (Å²) in [7, 11) is -2.91. The van der Waals surface area contributed by atoms with Gasteiger partial charge in [-0.15, -0.1) is 0 Å². The molecule has 0 spiro atoms. The Hall–Kier alpha value is -1.76. The van der Waals surface area contributed by atoms with Crippen LogP contribution in [0.5, 0.6) is 11.5 Å². The lowest BCUT2D eigenvalue weighted by atomic mass is 10.1. The van der Waals surface area contributed by atoms with E-state index in [1.165, 1.54) is 0 Å². The molecule has 1 aromatic carbocycles. The van der Waals surface area contributed by atoms with Crippen LogP contribution in [0, 0.1) is 5.92 Å². The van der Waals surface area contributed by atoms with Crippen molar-refractivity contribution in [1.82, 2.24) is 5.32 Å². The molecule has 1 saturated heterocycles. The van der Waals surface area contributed by atoms with Gasteiger partial charge in [-0.3, -0.25) is 4.79 Å². The lowest BCUT2D eigenvalue weighted by Crippen LogP contribution is -2.30. The van der Waals surface area contributed by atoms with Crippen molar-refractivity contribution in [2.45, 2.75) is 6.42 Å². The summed E-state index contributed by atoms with van der Waals surface area (Å²) >= 11 is 0. The minimum atomic E-state index is -2.91. The zero-order valence-corrected chi connectivity index (χ0v) is 12.3. The third kappa shape index (κ3) is 3.29. The van der Waals surface area contributed by atoms with Gasteiger partial charge in [-0.25, -0.2) is 8.42 Å². The molecule has 2 aliphatic rings. The zero-order valence-electron chi connectivity index (χ0n) is 11.5. The van der Waals surface area contributed by atoms with Crippen molar-refractivity contribution in [3.8, 4) is 11.5 Å². The van der Waals surface area contributed by atoms with E-state index >= 15 is 0 Å². The average molecular weight is 311 g/mol. The molecule has 1 unspecified atom stereocenters.